The first-order valence-corrected chi connectivity index (χ1v) is 12.7. The predicted octanol–water partition coefficient (Wildman–Crippen LogP) is 5.94. The number of nitrogens with zero attached hydrogens (tertiary/aromatic N) is 1. The van der Waals surface area contributed by atoms with Crippen molar-refractivity contribution < 1.29 is 19.1 Å². The molecule has 3 rings (SSSR count). The summed E-state index contributed by atoms with van der Waals surface area (Å²) < 4.78 is 11.0. The van der Waals surface area contributed by atoms with Crippen molar-refractivity contribution in [1.82, 2.24) is 10.2 Å². The van der Waals surface area contributed by atoms with Crippen molar-refractivity contribution >= 4 is 35.0 Å². The van der Waals surface area contributed by atoms with E-state index in [9.17, 15) is 9.59 Å². The van der Waals surface area contributed by atoms with Crippen molar-refractivity contribution in [2.75, 3.05) is 13.7 Å². The smallest absolute Gasteiger partial charge is 0.261 e. The van der Waals surface area contributed by atoms with E-state index in [1.54, 1.807) is 49.6 Å². The number of halogens is 2. The van der Waals surface area contributed by atoms with Crippen LogP contribution in [0.3, 0.4) is 0 Å². The van der Waals surface area contributed by atoms with Gasteiger partial charge in [0, 0.05) is 28.5 Å². The molecule has 0 heterocycles. The summed E-state index contributed by atoms with van der Waals surface area (Å²) in [5.41, 5.74) is 1.11. The zero-order valence-corrected chi connectivity index (χ0v) is 23.0. The minimum atomic E-state index is -0.805. The molecule has 0 bridgehead atoms. The molecule has 1 atom stereocenters. The summed E-state index contributed by atoms with van der Waals surface area (Å²) in [7, 11) is 1.58. The summed E-state index contributed by atoms with van der Waals surface area (Å²) in [5.74, 6) is 0.572. The Morgan fingerprint density at radius 2 is 1.59 bits per heavy atom. The molecule has 0 aliphatic rings. The van der Waals surface area contributed by atoms with Crippen molar-refractivity contribution in [3.63, 3.8) is 0 Å². The van der Waals surface area contributed by atoms with Crippen LogP contribution in [0.1, 0.15) is 31.9 Å². The van der Waals surface area contributed by atoms with Crippen LogP contribution in [-0.4, -0.2) is 42.0 Å². The van der Waals surface area contributed by atoms with Crippen LogP contribution in [0.5, 0.6) is 11.5 Å². The molecule has 2 amide bonds. The van der Waals surface area contributed by atoms with E-state index in [2.05, 4.69) is 5.32 Å². The van der Waals surface area contributed by atoms with Crippen LogP contribution in [0.2, 0.25) is 10.0 Å². The fraction of sp³-hybridized carbons (Fsp3) is 0.310. The molecule has 6 nitrogen and oxygen atoms in total. The maximum Gasteiger partial charge on any atom is 0.261 e. The van der Waals surface area contributed by atoms with Gasteiger partial charge >= 0.3 is 0 Å². The second-order valence-corrected chi connectivity index (χ2v) is 10.5. The SMILES string of the molecule is COc1ccc(OCC(=O)N(Cc2ccc(Cl)cc2Cl)[C@H](Cc2ccccc2)C(=O)NC(C)(C)C)cc1. The molecule has 3 aromatic rings. The van der Waals surface area contributed by atoms with Gasteiger partial charge in [-0.2, -0.15) is 0 Å². The Labute approximate surface area is 228 Å². The number of methoxy groups -OCH3 is 1. The molecule has 0 unspecified atom stereocenters. The Bertz CT molecular complexity index is 1190. The van der Waals surface area contributed by atoms with Crippen LogP contribution >= 0.6 is 23.2 Å². The molecule has 0 spiro atoms. The quantitative estimate of drug-likeness (QED) is 0.344. The van der Waals surface area contributed by atoms with Crippen molar-refractivity contribution in [2.24, 2.45) is 0 Å². The van der Waals surface area contributed by atoms with Gasteiger partial charge in [-0.1, -0.05) is 59.6 Å². The summed E-state index contributed by atoms with van der Waals surface area (Å²) in [6.45, 7) is 5.56. The van der Waals surface area contributed by atoms with Gasteiger partial charge in [0.15, 0.2) is 6.61 Å². The average molecular weight is 543 g/mol. The van der Waals surface area contributed by atoms with E-state index in [4.69, 9.17) is 32.7 Å². The van der Waals surface area contributed by atoms with E-state index in [0.717, 1.165) is 5.56 Å². The summed E-state index contributed by atoms with van der Waals surface area (Å²) >= 11 is 12.6. The van der Waals surface area contributed by atoms with Crippen LogP contribution in [0, 0.1) is 0 Å². The molecule has 0 saturated carbocycles. The van der Waals surface area contributed by atoms with E-state index in [1.807, 2.05) is 51.1 Å². The van der Waals surface area contributed by atoms with E-state index >= 15 is 0 Å². The Morgan fingerprint density at radius 1 is 0.946 bits per heavy atom. The van der Waals surface area contributed by atoms with Gasteiger partial charge in [-0.15, -0.1) is 0 Å². The molecule has 0 fully saturated rings. The molecular formula is C29H32Cl2N2O4. The number of amides is 2. The number of hydrogen-bond acceptors (Lipinski definition) is 4. The normalized spacial score (nSPS) is 11.9. The summed E-state index contributed by atoms with van der Waals surface area (Å²) in [5, 5.41) is 3.93. The maximum absolute atomic E-state index is 13.7. The fourth-order valence-electron chi connectivity index (χ4n) is 3.74. The number of hydrogen-bond donors (Lipinski definition) is 1. The third-order valence-corrected chi connectivity index (χ3v) is 6.13. The Kier molecular flexibility index (Phi) is 9.84. The Hall–Kier alpha value is -3.22. The first-order chi connectivity index (χ1) is 17.6. The molecule has 196 valence electrons. The van der Waals surface area contributed by atoms with Gasteiger partial charge in [0.05, 0.1) is 7.11 Å². The Balaban J connectivity index is 1.94. The highest BCUT2D eigenvalue weighted by Gasteiger charge is 2.32. The lowest BCUT2D eigenvalue weighted by molar-refractivity contribution is -0.143. The lowest BCUT2D eigenvalue weighted by atomic mass is 10.0. The van der Waals surface area contributed by atoms with E-state index < -0.39 is 11.6 Å². The largest absolute Gasteiger partial charge is 0.497 e. The third-order valence-electron chi connectivity index (χ3n) is 5.55. The summed E-state index contributed by atoms with van der Waals surface area (Å²) in [6, 6.07) is 20.8. The maximum atomic E-state index is 13.7. The number of rotatable bonds is 10. The molecule has 0 aromatic heterocycles. The first-order valence-electron chi connectivity index (χ1n) is 11.9. The third kappa shape index (κ3) is 8.69. The minimum Gasteiger partial charge on any atom is -0.497 e. The molecule has 0 aliphatic heterocycles. The van der Waals surface area contributed by atoms with Crippen LogP contribution < -0.4 is 14.8 Å². The number of carbonyl (C=O) groups excluding carboxylic acids is 2. The molecule has 0 saturated heterocycles. The van der Waals surface area contributed by atoms with Crippen molar-refractivity contribution in [2.45, 2.75) is 45.3 Å². The molecule has 1 N–H and O–H groups in total. The highest BCUT2D eigenvalue weighted by atomic mass is 35.5. The minimum absolute atomic E-state index is 0.107. The second-order valence-electron chi connectivity index (χ2n) is 9.67. The zero-order chi connectivity index (χ0) is 27.0. The molecule has 37 heavy (non-hydrogen) atoms. The van der Waals surface area contributed by atoms with Crippen LogP contribution in [-0.2, 0) is 22.6 Å². The van der Waals surface area contributed by atoms with E-state index in [-0.39, 0.29) is 25.0 Å². The van der Waals surface area contributed by atoms with Gasteiger partial charge in [-0.25, -0.2) is 0 Å². The highest BCUT2D eigenvalue weighted by Crippen LogP contribution is 2.25. The molecular weight excluding hydrogens is 511 g/mol. The van der Waals surface area contributed by atoms with Crippen molar-refractivity contribution in [3.05, 3.63) is 94.0 Å². The number of benzene rings is 3. The summed E-state index contributed by atoms with van der Waals surface area (Å²) in [6.07, 6.45) is 0.322. The topological polar surface area (TPSA) is 67.9 Å². The lowest BCUT2D eigenvalue weighted by Crippen LogP contribution is -2.55. The molecule has 0 radical (unpaired) electrons. The van der Waals surface area contributed by atoms with Crippen molar-refractivity contribution in [3.8, 4) is 11.5 Å². The zero-order valence-electron chi connectivity index (χ0n) is 21.5. The van der Waals surface area contributed by atoms with Crippen molar-refractivity contribution in [1.29, 1.82) is 0 Å². The number of nitrogens with one attached hydrogen (secondary N) is 1. The summed E-state index contributed by atoms with van der Waals surface area (Å²) in [4.78, 5) is 28.7. The van der Waals surface area contributed by atoms with Crippen LogP contribution in [0.25, 0.3) is 0 Å². The van der Waals surface area contributed by atoms with Gasteiger partial charge in [-0.3, -0.25) is 9.59 Å². The second kappa shape index (κ2) is 12.8. The van der Waals surface area contributed by atoms with E-state index in [0.29, 0.717) is 33.5 Å². The van der Waals surface area contributed by atoms with E-state index in [1.165, 1.54) is 4.90 Å². The van der Waals surface area contributed by atoms with Gasteiger partial charge in [0.1, 0.15) is 17.5 Å². The fourth-order valence-corrected chi connectivity index (χ4v) is 4.21. The van der Waals surface area contributed by atoms with Gasteiger partial charge in [0.2, 0.25) is 5.91 Å². The van der Waals surface area contributed by atoms with Gasteiger partial charge < -0.3 is 19.7 Å². The standard InChI is InChI=1S/C29H32Cl2N2O4/c1-29(2,3)32-28(35)26(16-20-8-6-5-7-9-20)33(18-21-10-11-22(30)17-25(21)31)27(34)19-37-24-14-12-23(36-4)13-15-24/h5-15,17,26H,16,18-19H2,1-4H3,(H,32,35)/t26-/m1/s1. The van der Waals surface area contributed by atoms with Gasteiger partial charge in [-0.05, 0) is 68.3 Å². The molecule has 0 aliphatic carbocycles. The lowest BCUT2D eigenvalue weighted by Gasteiger charge is -2.34. The van der Waals surface area contributed by atoms with Gasteiger partial charge in [0.25, 0.3) is 5.91 Å². The first kappa shape index (κ1) is 28.4. The predicted molar refractivity (Wildman–Crippen MR) is 147 cm³/mol. The highest BCUT2D eigenvalue weighted by molar-refractivity contribution is 6.35. The van der Waals surface area contributed by atoms with Crippen LogP contribution in [0.4, 0.5) is 0 Å². The molecule has 3 aromatic carbocycles. The number of ether oxygens (including phenoxy) is 2. The van der Waals surface area contributed by atoms with Crippen LogP contribution in [0.15, 0.2) is 72.8 Å². The number of carbonyl (C=O) groups is 2. The Morgan fingerprint density at radius 3 is 2.19 bits per heavy atom. The molecule has 8 heteroatoms. The monoisotopic (exact) mass is 542 g/mol. The average Bonchev–Trinajstić information content (AvgIpc) is 2.85.